The number of aryl methyl sites for hydroxylation is 1. The molecule has 0 aliphatic carbocycles. The third-order valence-electron chi connectivity index (χ3n) is 4.30. The second kappa shape index (κ2) is 7.37. The topological polar surface area (TPSA) is 66.5 Å². The first-order valence-electron chi connectivity index (χ1n) is 8.31. The monoisotopic (exact) mass is 358 g/mol. The molecule has 132 valence electrons. The minimum atomic E-state index is -3.42. The summed E-state index contributed by atoms with van der Waals surface area (Å²) in [4.78, 5) is 13.9. The Morgan fingerprint density at radius 1 is 1.12 bits per heavy atom. The number of hydrogen-bond acceptors (Lipinski definition) is 3. The first-order chi connectivity index (χ1) is 11.9. The minimum absolute atomic E-state index is 0.0139. The van der Waals surface area contributed by atoms with E-state index in [2.05, 4.69) is 4.72 Å². The molecule has 25 heavy (non-hydrogen) atoms. The molecule has 1 aliphatic rings. The van der Waals surface area contributed by atoms with Gasteiger partial charge >= 0.3 is 0 Å². The van der Waals surface area contributed by atoms with E-state index in [1.165, 1.54) is 0 Å². The summed E-state index contributed by atoms with van der Waals surface area (Å²) < 4.78 is 27.2. The number of anilines is 1. The zero-order valence-electron chi connectivity index (χ0n) is 14.2. The minimum Gasteiger partial charge on any atom is -0.312 e. The highest BCUT2D eigenvalue weighted by molar-refractivity contribution is 7.88. The van der Waals surface area contributed by atoms with Crippen LogP contribution in [0.15, 0.2) is 54.6 Å². The summed E-state index contributed by atoms with van der Waals surface area (Å²) in [5.41, 5.74) is 2.66. The number of amides is 1. The molecule has 0 bridgehead atoms. The number of nitrogens with zero attached hydrogens (tertiary/aromatic N) is 1. The van der Waals surface area contributed by atoms with Crippen LogP contribution in [0.5, 0.6) is 0 Å². The molecule has 1 aliphatic heterocycles. The van der Waals surface area contributed by atoms with E-state index in [9.17, 15) is 13.2 Å². The van der Waals surface area contributed by atoms with E-state index in [1.807, 2.05) is 61.5 Å². The van der Waals surface area contributed by atoms with E-state index in [-0.39, 0.29) is 24.1 Å². The normalized spacial score (nSPS) is 17.9. The van der Waals surface area contributed by atoms with Crippen LogP contribution >= 0.6 is 0 Å². The van der Waals surface area contributed by atoms with Crippen LogP contribution in [0.3, 0.4) is 0 Å². The van der Waals surface area contributed by atoms with Crippen LogP contribution in [0.2, 0.25) is 0 Å². The second-order valence-electron chi connectivity index (χ2n) is 6.51. The van der Waals surface area contributed by atoms with Crippen LogP contribution < -0.4 is 9.62 Å². The second-order valence-corrected chi connectivity index (χ2v) is 8.31. The van der Waals surface area contributed by atoms with Crippen molar-refractivity contribution in [1.82, 2.24) is 4.72 Å². The molecule has 0 aromatic heterocycles. The van der Waals surface area contributed by atoms with Crippen molar-refractivity contribution in [3.8, 4) is 0 Å². The first-order valence-corrected chi connectivity index (χ1v) is 9.96. The van der Waals surface area contributed by atoms with Crippen LogP contribution in [0.4, 0.5) is 5.69 Å². The number of nitrogens with one attached hydrogen (secondary N) is 1. The van der Waals surface area contributed by atoms with Crippen molar-refractivity contribution in [2.45, 2.75) is 19.1 Å². The highest BCUT2D eigenvalue weighted by Crippen LogP contribution is 2.24. The van der Waals surface area contributed by atoms with Crippen molar-refractivity contribution < 1.29 is 13.2 Å². The van der Waals surface area contributed by atoms with Gasteiger partial charge in [0.05, 0.1) is 5.75 Å². The van der Waals surface area contributed by atoms with Crippen LogP contribution in [-0.4, -0.2) is 27.4 Å². The molecule has 1 atom stereocenters. The summed E-state index contributed by atoms with van der Waals surface area (Å²) in [5.74, 6) is -0.0216. The summed E-state index contributed by atoms with van der Waals surface area (Å²) in [6.07, 6.45) is 0.363. The average molecular weight is 358 g/mol. The Morgan fingerprint density at radius 2 is 1.88 bits per heavy atom. The van der Waals surface area contributed by atoms with Gasteiger partial charge in [-0.3, -0.25) is 4.79 Å². The lowest BCUT2D eigenvalue weighted by Crippen LogP contribution is -2.32. The summed E-state index contributed by atoms with van der Waals surface area (Å²) in [6, 6.07) is 16.9. The lowest BCUT2D eigenvalue weighted by molar-refractivity contribution is -0.117. The number of para-hydroxylation sites is 1. The molecule has 5 nitrogen and oxygen atoms in total. The number of rotatable bonds is 6. The summed E-state index contributed by atoms with van der Waals surface area (Å²) in [6.45, 7) is 2.75. The van der Waals surface area contributed by atoms with Crippen molar-refractivity contribution in [3.05, 3.63) is 65.7 Å². The van der Waals surface area contributed by atoms with Crippen molar-refractivity contribution in [3.63, 3.8) is 0 Å². The molecule has 1 fully saturated rings. The lowest BCUT2D eigenvalue weighted by atomic mass is 10.1. The molecule has 1 amide bonds. The van der Waals surface area contributed by atoms with Gasteiger partial charge in [-0.25, -0.2) is 13.1 Å². The smallest absolute Gasteiger partial charge is 0.227 e. The molecule has 3 rings (SSSR count). The van der Waals surface area contributed by atoms with Gasteiger partial charge in [-0.1, -0.05) is 48.0 Å². The molecule has 1 saturated heterocycles. The highest BCUT2D eigenvalue weighted by Gasteiger charge is 2.31. The van der Waals surface area contributed by atoms with Gasteiger partial charge in [0.1, 0.15) is 0 Å². The quantitative estimate of drug-likeness (QED) is 0.863. The third kappa shape index (κ3) is 4.67. The fourth-order valence-electron chi connectivity index (χ4n) is 3.09. The SMILES string of the molecule is Cc1cccc(CS(=O)(=O)NCC2CC(=O)N(c3ccccc3)C2)c1. The van der Waals surface area contributed by atoms with Crippen molar-refractivity contribution in [1.29, 1.82) is 0 Å². The van der Waals surface area contributed by atoms with E-state index in [1.54, 1.807) is 4.90 Å². The maximum absolute atomic E-state index is 12.3. The van der Waals surface area contributed by atoms with Gasteiger partial charge in [-0.05, 0) is 30.5 Å². The maximum atomic E-state index is 12.3. The maximum Gasteiger partial charge on any atom is 0.227 e. The summed E-state index contributed by atoms with van der Waals surface area (Å²) >= 11 is 0. The van der Waals surface area contributed by atoms with E-state index < -0.39 is 10.0 Å². The van der Waals surface area contributed by atoms with Gasteiger partial charge < -0.3 is 4.90 Å². The molecular weight excluding hydrogens is 336 g/mol. The zero-order chi connectivity index (χ0) is 17.9. The van der Waals surface area contributed by atoms with Gasteiger partial charge in [0, 0.05) is 25.2 Å². The number of carbonyl (C=O) groups excluding carboxylic acids is 1. The lowest BCUT2D eigenvalue weighted by Gasteiger charge is -2.17. The molecule has 0 saturated carbocycles. The number of benzene rings is 2. The van der Waals surface area contributed by atoms with E-state index >= 15 is 0 Å². The number of carbonyl (C=O) groups is 1. The van der Waals surface area contributed by atoms with Gasteiger partial charge in [-0.15, -0.1) is 0 Å². The third-order valence-corrected chi connectivity index (χ3v) is 5.62. The highest BCUT2D eigenvalue weighted by atomic mass is 32.2. The van der Waals surface area contributed by atoms with E-state index in [4.69, 9.17) is 0 Å². The van der Waals surface area contributed by atoms with Crippen LogP contribution in [0.25, 0.3) is 0 Å². The fourth-order valence-corrected chi connectivity index (χ4v) is 4.30. The molecule has 0 radical (unpaired) electrons. The van der Waals surface area contributed by atoms with Gasteiger partial charge in [0.25, 0.3) is 0 Å². The van der Waals surface area contributed by atoms with Crippen LogP contribution in [-0.2, 0) is 20.6 Å². The van der Waals surface area contributed by atoms with Crippen molar-refractivity contribution >= 4 is 21.6 Å². The Kier molecular flexibility index (Phi) is 5.20. The largest absolute Gasteiger partial charge is 0.312 e. The zero-order valence-corrected chi connectivity index (χ0v) is 15.0. The molecular formula is C19H22N2O3S. The number of sulfonamides is 1. The standard InChI is InChI=1S/C19H22N2O3S/c1-15-6-5-7-16(10-15)14-25(23,24)20-12-17-11-19(22)21(13-17)18-8-3-2-4-9-18/h2-10,17,20H,11-14H2,1H3. The van der Waals surface area contributed by atoms with E-state index in [0.717, 1.165) is 16.8 Å². The molecule has 2 aromatic carbocycles. The Hall–Kier alpha value is -2.18. The first kappa shape index (κ1) is 17.6. The van der Waals surface area contributed by atoms with Crippen LogP contribution in [0, 0.1) is 12.8 Å². The molecule has 1 N–H and O–H groups in total. The number of hydrogen-bond donors (Lipinski definition) is 1. The Labute approximate surface area is 148 Å². The molecule has 1 unspecified atom stereocenters. The molecule has 1 heterocycles. The van der Waals surface area contributed by atoms with Gasteiger partial charge in [0.15, 0.2) is 0 Å². The van der Waals surface area contributed by atoms with Gasteiger partial charge in [0.2, 0.25) is 15.9 Å². The summed E-state index contributed by atoms with van der Waals surface area (Å²) in [5, 5.41) is 0. The summed E-state index contributed by atoms with van der Waals surface area (Å²) in [7, 11) is -3.42. The average Bonchev–Trinajstić information content (AvgIpc) is 2.95. The Bertz CT molecular complexity index is 850. The Morgan fingerprint density at radius 3 is 2.60 bits per heavy atom. The fraction of sp³-hybridized carbons (Fsp3) is 0.316. The van der Waals surface area contributed by atoms with Crippen molar-refractivity contribution in [2.75, 3.05) is 18.0 Å². The van der Waals surface area contributed by atoms with Crippen molar-refractivity contribution in [2.24, 2.45) is 5.92 Å². The molecule has 0 spiro atoms. The Balaban J connectivity index is 1.57. The van der Waals surface area contributed by atoms with E-state index in [0.29, 0.717) is 13.0 Å². The molecule has 6 heteroatoms. The predicted molar refractivity (Wildman–Crippen MR) is 98.7 cm³/mol. The predicted octanol–water partition coefficient (Wildman–Crippen LogP) is 2.47. The van der Waals surface area contributed by atoms with Gasteiger partial charge in [-0.2, -0.15) is 0 Å². The molecule has 2 aromatic rings. The van der Waals surface area contributed by atoms with Crippen LogP contribution in [0.1, 0.15) is 17.5 Å².